The molecule has 3 rings (SSSR count). The van der Waals surface area contributed by atoms with Crippen molar-refractivity contribution in [2.75, 3.05) is 19.6 Å². The number of nitrogens with one attached hydrogen (secondary N) is 2. The zero-order chi connectivity index (χ0) is 15.4. The number of hydrogen-bond acceptors (Lipinski definition) is 2. The summed E-state index contributed by atoms with van der Waals surface area (Å²) in [6, 6.07) is 11.0. The summed E-state index contributed by atoms with van der Waals surface area (Å²) in [7, 11) is 0. The van der Waals surface area contributed by atoms with Gasteiger partial charge >= 0.3 is 0 Å². The highest BCUT2D eigenvalue weighted by Gasteiger charge is 2.29. The average Bonchev–Trinajstić information content (AvgIpc) is 3.22. The molecule has 2 aromatic rings. The molecule has 0 aliphatic carbocycles. The third-order valence-corrected chi connectivity index (χ3v) is 4.45. The van der Waals surface area contributed by atoms with Crippen LogP contribution in [0, 0.1) is 0 Å². The van der Waals surface area contributed by atoms with E-state index in [9.17, 15) is 4.79 Å². The lowest BCUT2D eigenvalue weighted by atomic mass is 10.1. The minimum atomic E-state index is -0.0770. The molecule has 2 N–H and O–H groups in total. The number of quaternary nitrogens is 1. The lowest BCUT2D eigenvalue weighted by Gasteiger charge is -2.23. The molecular weight excluding hydrogens is 300 g/mol. The average molecular weight is 320 g/mol. The molecule has 4 nitrogen and oxygen atoms in total. The smallest absolute Gasteiger partial charge is 0.251 e. The van der Waals surface area contributed by atoms with Gasteiger partial charge in [0, 0.05) is 23.4 Å². The molecule has 116 valence electrons. The molecule has 1 aromatic carbocycles. The van der Waals surface area contributed by atoms with Gasteiger partial charge in [0.2, 0.25) is 0 Å². The zero-order valence-electron chi connectivity index (χ0n) is 12.3. The first-order valence-electron chi connectivity index (χ1n) is 7.66. The Bertz CT molecular complexity index is 604. The summed E-state index contributed by atoms with van der Waals surface area (Å²) >= 11 is 5.85. The van der Waals surface area contributed by atoms with E-state index < -0.39 is 0 Å². The molecule has 1 fully saturated rings. The Hall–Kier alpha value is -1.78. The standard InChI is InChI=1S/C17H19ClN2O2/c18-14-7-5-13(6-8-14)17(21)19-12-15(16-4-3-11-22-16)20-9-1-2-10-20/h3-8,11,15H,1-2,9-10,12H2,(H,19,21)/p+1/t15-/m1/s1. The lowest BCUT2D eigenvalue weighted by Crippen LogP contribution is -3.11. The minimum Gasteiger partial charge on any atom is -0.463 e. The van der Waals surface area contributed by atoms with Crippen LogP contribution >= 0.6 is 11.6 Å². The van der Waals surface area contributed by atoms with Gasteiger partial charge in [-0.1, -0.05) is 11.6 Å². The maximum atomic E-state index is 12.3. The molecule has 1 aromatic heterocycles. The van der Waals surface area contributed by atoms with Gasteiger partial charge in [0.15, 0.2) is 11.8 Å². The first-order chi connectivity index (χ1) is 10.7. The van der Waals surface area contributed by atoms with E-state index in [-0.39, 0.29) is 11.9 Å². The Kier molecular flexibility index (Phi) is 4.80. The largest absolute Gasteiger partial charge is 0.463 e. The second-order valence-electron chi connectivity index (χ2n) is 5.65. The summed E-state index contributed by atoms with van der Waals surface area (Å²) in [4.78, 5) is 13.7. The van der Waals surface area contributed by atoms with Crippen LogP contribution in [0.5, 0.6) is 0 Å². The molecule has 0 radical (unpaired) electrons. The third kappa shape index (κ3) is 3.51. The summed E-state index contributed by atoms with van der Waals surface area (Å²) in [5, 5.41) is 3.65. The molecule has 5 heteroatoms. The Labute approximate surface area is 135 Å². The second-order valence-corrected chi connectivity index (χ2v) is 6.09. The molecule has 1 aliphatic heterocycles. The highest BCUT2D eigenvalue weighted by atomic mass is 35.5. The number of hydrogen-bond donors (Lipinski definition) is 2. The van der Waals surface area contributed by atoms with Crippen molar-refractivity contribution in [2.24, 2.45) is 0 Å². The minimum absolute atomic E-state index is 0.0770. The summed E-state index contributed by atoms with van der Waals surface area (Å²) < 4.78 is 5.57. The van der Waals surface area contributed by atoms with Crippen LogP contribution in [0.1, 0.15) is 35.0 Å². The number of carbonyl (C=O) groups is 1. The van der Waals surface area contributed by atoms with E-state index in [1.165, 1.54) is 17.7 Å². The Morgan fingerprint density at radius 1 is 1.23 bits per heavy atom. The topological polar surface area (TPSA) is 46.7 Å². The number of carbonyl (C=O) groups excluding carboxylic acids is 1. The molecule has 2 heterocycles. The Balaban J connectivity index is 1.66. The maximum absolute atomic E-state index is 12.3. The highest BCUT2D eigenvalue weighted by molar-refractivity contribution is 6.30. The van der Waals surface area contributed by atoms with E-state index >= 15 is 0 Å². The lowest BCUT2D eigenvalue weighted by molar-refractivity contribution is -0.919. The van der Waals surface area contributed by atoms with Crippen LogP contribution in [-0.4, -0.2) is 25.5 Å². The van der Waals surface area contributed by atoms with Crippen molar-refractivity contribution in [3.05, 3.63) is 59.0 Å². The van der Waals surface area contributed by atoms with E-state index in [0.29, 0.717) is 17.1 Å². The van der Waals surface area contributed by atoms with E-state index in [4.69, 9.17) is 16.0 Å². The third-order valence-electron chi connectivity index (χ3n) is 4.20. The predicted octanol–water partition coefficient (Wildman–Crippen LogP) is 2.08. The van der Waals surface area contributed by atoms with Crippen molar-refractivity contribution in [3.63, 3.8) is 0 Å². The molecule has 22 heavy (non-hydrogen) atoms. The van der Waals surface area contributed by atoms with Crippen molar-refractivity contribution in [1.29, 1.82) is 0 Å². The van der Waals surface area contributed by atoms with Crippen molar-refractivity contribution < 1.29 is 14.1 Å². The number of halogens is 1. The molecular formula is C17H20ClN2O2+. The van der Waals surface area contributed by atoms with Crippen molar-refractivity contribution in [2.45, 2.75) is 18.9 Å². The fourth-order valence-electron chi connectivity index (χ4n) is 3.01. The van der Waals surface area contributed by atoms with Crippen molar-refractivity contribution >= 4 is 17.5 Å². The molecule has 1 atom stereocenters. The number of furan rings is 1. The van der Waals surface area contributed by atoms with Gasteiger partial charge in [-0.25, -0.2) is 0 Å². The SMILES string of the molecule is O=C(NC[C@H](c1ccco1)[NH+]1CCCC1)c1ccc(Cl)cc1. The molecule has 0 bridgehead atoms. The maximum Gasteiger partial charge on any atom is 0.251 e. The fourth-order valence-corrected chi connectivity index (χ4v) is 3.14. The van der Waals surface area contributed by atoms with Crippen LogP contribution in [0.4, 0.5) is 0 Å². The number of amides is 1. The Morgan fingerprint density at radius 2 is 1.95 bits per heavy atom. The van der Waals surface area contributed by atoms with Crippen LogP contribution in [0.25, 0.3) is 0 Å². The van der Waals surface area contributed by atoms with Crippen LogP contribution in [0.2, 0.25) is 5.02 Å². The summed E-state index contributed by atoms with van der Waals surface area (Å²) in [6.07, 6.45) is 4.16. The molecule has 1 aliphatic rings. The van der Waals surface area contributed by atoms with Gasteiger partial charge < -0.3 is 14.6 Å². The van der Waals surface area contributed by atoms with Gasteiger partial charge in [-0.15, -0.1) is 0 Å². The van der Waals surface area contributed by atoms with E-state index in [0.717, 1.165) is 18.8 Å². The van der Waals surface area contributed by atoms with Gasteiger partial charge in [0.25, 0.3) is 5.91 Å². The molecule has 0 spiro atoms. The Morgan fingerprint density at radius 3 is 2.59 bits per heavy atom. The molecule has 1 saturated heterocycles. The van der Waals surface area contributed by atoms with Crippen molar-refractivity contribution in [3.8, 4) is 0 Å². The van der Waals surface area contributed by atoms with Crippen LogP contribution in [-0.2, 0) is 0 Å². The van der Waals surface area contributed by atoms with E-state index in [1.807, 2.05) is 12.1 Å². The van der Waals surface area contributed by atoms with E-state index in [1.54, 1.807) is 30.5 Å². The van der Waals surface area contributed by atoms with Gasteiger partial charge in [0.05, 0.1) is 25.9 Å². The van der Waals surface area contributed by atoms with Gasteiger partial charge in [-0.05, 0) is 36.4 Å². The van der Waals surface area contributed by atoms with Crippen LogP contribution < -0.4 is 10.2 Å². The van der Waals surface area contributed by atoms with Crippen LogP contribution in [0.3, 0.4) is 0 Å². The van der Waals surface area contributed by atoms with E-state index in [2.05, 4.69) is 5.32 Å². The zero-order valence-corrected chi connectivity index (χ0v) is 13.1. The van der Waals surface area contributed by atoms with Gasteiger partial charge in [-0.2, -0.15) is 0 Å². The quantitative estimate of drug-likeness (QED) is 0.886. The normalized spacial score (nSPS) is 16.6. The van der Waals surface area contributed by atoms with Crippen LogP contribution in [0.15, 0.2) is 47.1 Å². The molecule has 1 amide bonds. The molecule has 0 unspecified atom stereocenters. The first kappa shape index (κ1) is 15.1. The predicted molar refractivity (Wildman–Crippen MR) is 85.2 cm³/mol. The fraction of sp³-hybridized carbons (Fsp3) is 0.353. The second kappa shape index (κ2) is 6.99. The number of rotatable bonds is 5. The molecule has 0 saturated carbocycles. The van der Waals surface area contributed by atoms with Gasteiger partial charge in [-0.3, -0.25) is 4.79 Å². The summed E-state index contributed by atoms with van der Waals surface area (Å²) in [6.45, 7) is 2.83. The van der Waals surface area contributed by atoms with Gasteiger partial charge in [0.1, 0.15) is 0 Å². The van der Waals surface area contributed by atoms with Crippen molar-refractivity contribution in [1.82, 2.24) is 5.32 Å². The highest BCUT2D eigenvalue weighted by Crippen LogP contribution is 2.12. The number of likely N-dealkylation sites (tertiary alicyclic amines) is 1. The number of benzene rings is 1. The summed E-state index contributed by atoms with van der Waals surface area (Å²) in [5.41, 5.74) is 0.624. The summed E-state index contributed by atoms with van der Waals surface area (Å²) in [5.74, 6) is 0.861. The monoisotopic (exact) mass is 319 g/mol. The first-order valence-corrected chi connectivity index (χ1v) is 8.03.